The van der Waals surface area contributed by atoms with E-state index in [1.807, 2.05) is 47.1 Å². The van der Waals surface area contributed by atoms with Gasteiger partial charge in [-0.05, 0) is 53.9 Å². The van der Waals surface area contributed by atoms with Gasteiger partial charge in [0.05, 0.1) is 16.1 Å². The van der Waals surface area contributed by atoms with Crippen molar-refractivity contribution in [3.8, 4) is 10.4 Å². The van der Waals surface area contributed by atoms with E-state index in [1.54, 1.807) is 16.2 Å². The molecule has 204 valence electrons. The number of aromatic nitrogens is 1. The molecular formula is C29H44N4O3S. The van der Waals surface area contributed by atoms with Crippen LogP contribution in [-0.4, -0.2) is 46.2 Å². The van der Waals surface area contributed by atoms with E-state index in [-0.39, 0.29) is 17.7 Å². The number of carbonyl (C=O) groups excluding carboxylic acids is 3. The summed E-state index contributed by atoms with van der Waals surface area (Å²) in [5.74, 6) is -0.303. The van der Waals surface area contributed by atoms with Crippen molar-refractivity contribution in [3.63, 3.8) is 0 Å². The first-order valence-electron chi connectivity index (χ1n) is 13.3. The van der Waals surface area contributed by atoms with Crippen LogP contribution >= 0.6 is 11.3 Å². The fourth-order valence-corrected chi connectivity index (χ4v) is 5.44. The Morgan fingerprint density at radius 3 is 2.41 bits per heavy atom. The number of thiazole rings is 1. The predicted molar refractivity (Wildman–Crippen MR) is 151 cm³/mol. The molecule has 2 atom stereocenters. The first-order valence-corrected chi connectivity index (χ1v) is 14.2. The van der Waals surface area contributed by atoms with Crippen LogP contribution in [0.3, 0.4) is 0 Å². The minimum atomic E-state index is -0.677. The molecule has 0 aliphatic carbocycles. The molecule has 2 N–H and O–H groups in total. The zero-order chi connectivity index (χ0) is 27.9. The molecule has 7 nitrogen and oxygen atoms in total. The van der Waals surface area contributed by atoms with Crippen LogP contribution < -0.4 is 10.6 Å². The molecule has 1 aromatic heterocycles. The van der Waals surface area contributed by atoms with Crippen molar-refractivity contribution >= 4 is 29.1 Å². The molecule has 0 bridgehead atoms. The van der Waals surface area contributed by atoms with Crippen LogP contribution in [0.15, 0.2) is 23.7 Å². The molecule has 8 heteroatoms. The lowest BCUT2D eigenvalue weighted by Gasteiger charge is -2.35. The van der Waals surface area contributed by atoms with Crippen molar-refractivity contribution in [3.05, 3.63) is 40.5 Å². The minimum Gasteiger partial charge on any atom is -0.350 e. The molecule has 2 heterocycles. The highest BCUT2D eigenvalue weighted by atomic mass is 32.1. The zero-order valence-corrected chi connectivity index (χ0v) is 24.7. The number of nitrogens with one attached hydrogen (secondary N) is 2. The molecule has 0 spiro atoms. The third-order valence-electron chi connectivity index (χ3n) is 6.53. The fraction of sp³-hybridized carbons (Fsp3) is 0.586. The average molecular weight is 529 g/mol. The van der Waals surface area contributed by atoms with Gasteiger partial charge in [-0.15, -0.1) is 11.3 Å². The number of nitrogens with zero attached hydrogens (tertiary/aromatic N) is 2. The Hall–Kier alpha value is -2.74. The summed E-state index contributed by atoms with van der Waals surface area (Å²) in [5, 5.41) is 5.86. The van der Waals surface area contributed by atoms with Gasteiger partial charge in [-0.1, -0.05) is 60.6 Å². The predicted octanol–water partition coefficient (Wildman–Crippen LogP) is 5.43. The highest BCUT2D eigenvalue weighted by molar-refractivity contribution is 7.13. The Balaban J connectivity index is 0.00000235. The topological polar surface area (TPSA) is 91.4 Å². The number of aryl methyl sites for hydroxylation is 1. The maximum Gasteiger partial charge on any atom is 0.246 e. The molecule has 2 unspecified atom stereocenters. The summed E-state index contributed by atoms with van der Waals surface area (Å²) in [6.07, 6.45) is 1.38. The number of benzene rings is 1. The van der Waals surface area contributed by atoms with Gasteiger partial charge in [0.2, 0.25) is 17.7 Å². The number of hydrogen-bond acceptors (Lipinski definition) is 5. The maximum atomic E-state index is 13.4. The first-order chi connectivity index (χ1) is 17.4. The summed E-state index contributed by atoms with van der Waals surface area (Å²) in [5.41, 5.74) is 5.82. The molecule has 3 rings (SSSR count). The fourth-order valence-electron chi connectivity index (χ4n) is 4.63. The van der Waals surface area contributed by atoms with Crippen molar-refractivity contribution in [1.29, 1.82) is 0 Å². The van der Waals surface area contributed by atoms with Crippen LogP contribution in [-0.2, 0) is 20.9 Å². The van der Waals surface area contributed by atoms with Crippen molar-refractivity contribution in [2.75, 3.05) is 6.54 Å². The summed E-state index contributed by atoms with van der Waals surface area (Å²) in [6.45, 7) is 18.4. The molecule has 2 aromatic rings. The Labute approximate surface area is 226 Å². The second-order valence-electron chi connectivity index (χ2n) is 10.7. The lowest BCUT2D eigenvalue weighted by molar-refractivity contribution is -0.143. The van der Waals surface area contributed by atoms with E-state index in [0.29, 0.717) is 25.4 Å². The molecule has 1 saturated heterocycles. The summed E-state index contributed by atoms with van der Waals surface area (Å²) in [4.78, 5) is 45.5. The standard InChI is InChI=1S/C27H38N4O3S.C2H6/c1-16(2)21-13-19(23-17(3)29-15-35-23)10-11-20(21)14-28-25(33)22-9-8-12-31(22)26(34)24(27(5,6)7)30-18(4)32;1-2/h10-11,13,15-16,22,24H,8-9,12,14H2,1-7H3,(H,28,33)(H,30,32);1-2H3. The molecule has 1 fully saturated rings. The molecule has 1 aliphatic heterocycles. The lowest BCUT2D eigenvalue weighted by atomic mass is 9.85. The highest BCUT2D eigenvalue weighted by Crippen LogP contribution is 2.32. The van der Waals surface area contributed by atoms with E-state index in [2.05, 4.69) is 47.7 Å². The lowest BCUT2D eigenvalue weighted by Crippen LogP contribution is -2.57. The average Bonchev–Trinajstić information content (AvgIpc) is 3.50. The smallest absolute Gasteiger partial charge is 0.246 e. The van der Waals surface area contributed by atoms with Crippen molar-refractivity contribution in [2.24, 2.45) is 5.41 Å². The van der Waals surface area contributed by atoms with Crippen molar-refractivity contribution in [2.45, 2.75) is 99.7 Å². The number of rotatable bonds is 7. The van der Waals surface area contributed by atoms with E-state index < -0.39 is 17.5 Å². The normalized spacial score (nSPS) is 16.2. The van der Waals surface area contributed by atoms with Gasteiger partial charge in [0.25, 0.3) is 0 Å². The quantitative estimate of drug-likeness (QED) is 0.502. The number of likely N-dealkylation sites (tertiary alicyclic amines) is 1. The molecule has 0 radical (unpaired) electrons. The molecule has 3 amide bonds. The van der Waals surface area contributed by atoms with Crippen molar-refractivity contribution < 1.29 is 14.4 Å². The van der Waals surface area contributed by atoms with E-state index >= 15 is 0 Å². The largest absolute Gasteiger partial charge is 0.350 e. The number of amides is 3. The molecule has 1 aromatic carbocycles. The zero-order valence-electron chi connectivity index (χ0n) is 23.9. The minimum absolute atomic E-state index is 0.150. The Morgan fingerprint density at radius 1 is 1.19 bits per heavy atom. The number of hydrogen-bond donors (Lipinski definition) is 2. The van der Waals surface area contributed by atoms with E-state index in [4.69, 9.17) is 0 Å². The summed E-state index contributed by atoms with van der Waals surface area (Å²) >= 11 is 1.63. The summed E-state index contributed by atoms with van der Waals surface area (Å²) < 4.78 is 0. The van der Waals surface area contributed by atoms with Gasteiger partial charge >= 0.3 is 0 Å². The third-order valence-corrected chi connectivity index (χ3v) is 7.51. The first kappa shape index (κ1) is 30.5. The van der Waals surface area contributed by atoms with Gasteiger partial charge in [0, 0.05) is 20.0 Å². The van der Waals surface area contributed by atoms with Crippen LogP contribution in [0.2, 0.25) is 0 Å². The monoisotopic (exact) mass is 528 g/mol. The molecule has 1 aliphatic rings. The van der Waals surface area contributed by atoms with E-state index in [9.17, 15) is 14.4 Å². The van der Waals surface area contributed by atoms with Crippen molar-refractivity contribution in [1.82, 2.24) is 20.5 Å². The SMILES string of the molecule is CC.CC(=O)NC(C(=O)N1CCCC1C(=O)NCc1ccc(-c2scnc2C)cc1C(C)C)C(C)(C)C. The van der Waals surface area contributed by atoms with Gasteiger partial charge in [-0.2, -0.15) is 0 Å². The van der Waals surface area contributed by atoms with Crippen LogP contribution in [0.4, 0.5) is 0 Å². The summed E-state index contributed by atoms with van der Waals surface area (Å²) in [7, 11) is 0. The Bertz CT molecular complexity index is 1090. The van der Waals surface area contributed by atoms with Crippen LogP contribution in [0.1, 0.15) is 91.0 Å². The second-order valence-corrected chi connectivity index (χ2v) is 11.6. The molecule has 37 heavy (non-hydrogen) atoms. The maximum absolute atomic E-state index is 13.4. The second kappa shape index (κ2) is 13.2. The van der Waals surface area contributed by atoms with Gasteiger partial charge < -0.3 is 15.5 Å². The molecular weight excluding hydrogens is 484 g/mol. The number of carbonyl (C=O) groups is 3. The van der Waals surface area contributed by atoms with Gasteiger partial charge in [-0.3, -0.25) is 14.4 Å². The summed E-state index contributed by atoms with van der Waals surface area (Å²) in [6, 6.07) is 5.15. The van der Waals surface area contributed by atoms with Crippen LogP contribution in [0.25, 0.3) is 10.4 Å². The van der Waals surface area contributed by atoms with Gasteiger partial charge in [0.1, 0.15) is 12.1 Å². The molecule has 0 saturated carbocycles. The van der Waals surface area contributed by atoms with Crippen LogP contribution in [0.5, 0.6) is 0 Å². The Morgan fingerprint density at radius 2 is 1.86 bits per heavy atom. The van der Waals surface area contributed by atoms with E-state index in [0.717, 1.165) is 28.1 Å². The van der Waals surface area contributed by atoms with E-state index in [1.165, 1.54) is 12.5 Å². The third kappa shape index (κ3) is 7.63. The van der Waals surface area contributed by atoms with Gasteiger partial charge in [-0.25, -0.2) is 4.98 Å². The Kier molecular flexibility index (Phi) is 10.9. The highest BCUT2D eigenvalue weighted by Gasteiger charge is 2.41. The van der Waals surface area contributed by atoms with Crippen LogP contribution in [0, 0.1) is 12.3 Å². The van der Waals surface area contributed by atoms with Gasteiger partial charge in [0.15, 0.2) is 0 Å².